The number of hydrogen-bond donors (Lipinski definition) is 2. The summed E-state index contributed by atoms with van der Waals surface area (Å²) in [6.45, 7) is 2.98. The first-order valence-corrected chi connectivity index (χ1v) is 6.85. The van der Waals surface area contributed by atoms with Crippen LogP contribution in [0, 0.1) is 0 Å². The van der Waals surface area contributed by atoms with Gasteiger partial charge in [0.15, 0.2) is 0 Å². The van der Waals surface area contributed by atoms with Crippen molar-refractivity contribution >= 4 is 23.2 Å². The van der Waals surface area contributed by atoms with Crippen molar-refractivity contribution < 1.29 is 0 Å². The second-order valence-corrected chi connectivity index (χ2v) is 5.03. The molecule has 0 saturated carbocycles. The van der Waals surface area contributed by atoms with Crippen LogP contribution in [-0.2, 0) is 6.54 Å². The highest BCUT2D eigenvalue weighted by atomic mass is 35.5. The predicted octanol–water partition coefficient (Wildman–Crippen LogP) is 3.15. The molecule has 102 valence electrons. The molecule has 1 aromatic heterocycles. The summed E-state index contributed by atoms with van der Waals surface area (Å²) in [4.78, 5) is 4.37. The lowest BCUT2D eigenvalue weighted by Crippen LogP contribution is -2.31. The molecule has 0 aliphatic carbocycles. The molecule has 0 radical (unpaired) electrons. The van der Waals surface area contributed by atoms with E-state index in [1.165, 1.54) is 0 Å². The molecule has 1 aromatic carbocycles. The Morgan fingerprint density at radius 2 is 2.05 bits per heavy atom. The van der Waals surface area contributed by atoms with E-state index in [9.17, 15) is 0 Å². The molecule has 2 rings (SSSR count). The van der Waals surface area contributed by atoms with Gasteiger partial charge >= 0.3 is 0 Å². The Balaban J connectivity index is 2.47. The topological polar surface area (TPSA) is 55.9 Å². The van der Waals surface area contributed by atoms with Crippen LogP contribution in [0.5, 0.6) is 0 Å². The summed E-state index contributed by atoms with van der Waals surface area (Å²) < 4.78 is 2.05. The van der Waals surface area contributed by atoms with E-state index in [0.29, 0.717) is 10.0 Å². The average Bonchev–Trinajstić information content (AvgIpc) is 2.83. The Kier molecular flexibility index (Phi) is 4.82. The summed E-state index contributed by atoms with van der Waals surface area (Å²) in [5, 5.41) is 1.14. The molecule has 0 amide bonds. The van der Waals surface area contributed by atoms with Crippen LogP contribution in [0.4, 0.5) is 0 Å². The first-order chi connectivity index (χ1) is 9.19. The molecule has 19 heavy (non-hydrogen) atoms. The van der Waals surface area contributed by atoms with Gasteiger partial charge in [-0.3, -0.25) is 5.84 Å². The van der Waals surface area contributed by atoms with Crippen LogP contribution >= 0.6 is 23.2 Å². The molecule has 0 bridgehead atoms. The zero-order valence-electron chi connectivity index (χ0n) is 10.6. The van der Waals surface area contributed by atoms with Crippen molar-refractivity contribution in [2.45, 2.75) is 25.9 Å². The molecule has 0 aliphatic rings. The van der Waals surface area contributed by atoms with E-state index in [2.05, 4.69) is 17.3 Å². The second-order valence-electron chi connectivity index (χ2n) is 4.21. The minimum atomic E-state index is -0.331. The molecule has 0 spiro atoms. The maximum Gasteiger partial charge on any atom is 0.131 e. The van der Waals surface area contributed by atoms with E-state index >= 15 is 0 Å². The summed E-state index contributed by atoms with van der Waals surface area (Å²) in [7, 11) is 0. The van der Waals surface area contributed by atoms with Gasteiger partial charge in [-0.2, -0.15) is 0 Å². The van der Waals surface area contributed by atoms with Gasteiger partial charge in [0, 0.05) is 34.5 Å². The summed E-state index contributed by atoms with van der Waals surface area (Å²) in [5.74, 6) is 6.48. The van der Waals surface area contributed by atoms with Crippen LogP contribution in [0.25, 0.3) is 0 Å². The molecular formula is C13H16Cl2N4. The van der Waals surface area contributed by atoms with Crippen molar-refractivity contribution in [3.63, 3.8) is 0 Å². The number of imidazole rings is 1. The normalized spacial score (nSPS) is 12.6. The summed E-state index contributed by atoms with van der Waals surface area (Å²) in [5.41, 5.74) is 3.50. The molecular weight excluding hydrogens is 283 g/mol. The summed E-state index contributed by atoms with van der Waals surface area (Å²) >= 11 is 12.5. The molecule has 1 atom stereocenters. The van der Waals surface area contributed by atoms with Crippen molar-refractivity contribution in [2.75, 3.05) is 0 Å². The van der Waals surface area contributed by atoms with E-state index in [4.69, 9.17) is 29.0 Å². The number of rotatable bonds is 5. The zero-order valence-corrected chi connectivity index (χ0v) is 12.1. The van der Waals surface area contributed by atoms with Crippen LogP contribution in [0.3, 0.4) is 0 Å². The van der Waals surface area contributed by atoms with Crippen LogP contribution in [0.2, 0.25) is 10.0 Å². The van der Waals surface area contributed by atoms with E-state index < -0.39 is 0 Å². The van der Waals surface area contributed by atoms with Gasteiger partial charge in [-0.05, 0) is 18.6 Å². The van der Waals surface area contributed by atoms with Crippen LogP contribution < -0.4 is 11.3 Å². The van der Waals surface area contributed by atoms with Gasteiger partial charge in [0.25, 0.3) is 0 Å². The fourth-order valence-corrected chi connectivity index (χ4v) is 2.70. The Hall–Kier alpha value is -1.07. The SMILES string of the molecule is CCCn1ccnc1C(NN)c1c(Cl)cccc1Cl. The quantitative estimate of drug-likeness (QED) is 0.658. The fraction of sp³-hybridized carbons (Fsp3) is 0.308. The van der Waals surface area contributed by atoms with E-state index in [-0.39, 0.29) is 6.04 Å². The van der Waals surface area contributed by atoms with Crippen molar-refractivity contribution in [2.24, 2.45) is 5.84 Å². The highest BCUT2D eigenvalue weighted by Gasteiger charge is 2.22. The van der Waals surface area contributed by atoms with Gasteiger partial charge in [0.1, 0.15) is 11.9 Å². The van der Waals surface area contributed by atoms with E-state index in [0.717, 1.165) is 24.4 Å². The minimum Gasteiger partial charge on any atom is -0.333 e. The standard InChI is InChI=1S/C13H16Cl2N4/c1-2-7-19-8-6-17-13(19)12(18-16)11-9(14)4-3-5-10(11)15/h3-6,8,12,18H,2,7,16H2,1H3. The molecule has 0 aliphatic heterocycles. The molecule has 2 aromatic rings. The number of benzene rings is 1. The first kappa shape index (κ1) is 14.3. The van der Waals surface area contributed by atoms with Crippen LogP contribution in [0.1, 0.15) is 30.8 Å². The summed E-state index contributed by atoms with van der Waals surface area (Å²) in [6, 6.07) is 5.06. The fourth-order valence-electron chi connectivity index (χ4n) is 2.08. The Morgan fingerprint density at radius 1 is 1.37 bits per heavy atom. The number of hydrogen-bond acceptors (Lipinski definition) is 3. The Bertz CT molecular complexity index is 533. The third-order valence-corrected chi connectivity index (χ3v) is 3.58. The van der Waals surface area contributed by atoms with Crippen molar-refractivity contribution in [3.05, 3.63) is 52.0 Å². The van der Waals surface area contributed by atoms with Gasteiger partial charge in [0.05, 0.1) is 0 Å². The van der Waals surface area contributed by atoms with E-state index in [1.54, 1.807) is 24.4 Å². The number of nitrogens with two attached hydrogens (primary N) is 1. The van der Waals surface area contributed by atoms with Crippen molar-refractivity contribution in [1.82, 2.24) is 15.0 Å². The Morgan fingerprint density at radius 3 is 2.63 bits per heavy atom. The molecule has 6 heteroatoms. The average molecular weight is 299 g/mol. The van der Waals surface area contributed by atoms with E-state index in [1.807, 2.05) is 10.8 Å². The van der Waals surface area contributed by atoms with Gasteiger partial charge in [-0.25, -0.2) is 10.4 Å². The smallest absolute Gasteiger partial charge is 0.131 e. The lowest BCUT2D eigenvalue weighted by Gasteiger charge is -2.20. The number of nitrogens with one attached hydrogen (secondary N) is 1. The van der Waals surface area contributed by atoms with Crippen molar-refractivity contribution in [3.8, 4) is 0 Å². The zero-order chi connectivity index (χ0) is 13.8. The number of nitrogens with zero attached hydrogens (tertiary/aromatic N) is 2. The number of aromatic nitrogens is 2. The predicted molar refractivity (Wildman–Crippen MR) is 78.1 cm³/mol. The lowest BCUT2D eigenvalue weighted by atomic mass is 10.1. The molecule has 0 fully saturated rings. The van der Waals surface area contributed by atoms with Crippen LogP contribution in [0.15, 0.2) is 30.6 Å². The van der Waals surface area contributed by atoms with Gasteiger partial charge in [-0.15, -0.1) is 0 Å². The number of hydrazine groups is 1. The minimum absolute atomic E-state index is 0.331. The number of aryl methyl sites for hydroxylation is 1. The molecule has 0 saturated heterocycles. The second kappa shape index (κ2) is 6.39. The molecule has 1 heterocycles. The van der Waals surface area contributed by atoms with Gasteiger partial charge < -0.3 is 4.57 Å². The van der Waals surface area contributed by atoms with Crippen molar-refractivity contribution in [1.29, 1.82) is 0 Å². The third-order valence-electron chi connectivity index (χ3n) is 2.93. The molecule has 3 N–H and O–H groups in total. The van der Waals surface area contributed by atoms with Gasteiger partial charge in [0.2, 0.25) is 0 Å². The lowest BCUT2D eigenvalue weighted by molar-refractivity contribution is 0.545. The highest BCUT2D eigenvalue weighted by molar-refractivity contribution is 6.36. The molecule has 4 nitrogen and oxygen atoms in total. The Labute approximate surface area is 122 Å². The van der Waals surface area contributed by atoms with Crippen LogP contribution in [-0.4, -0.2) is 9.55 Å². The monoisotopic (exact) mass is 298 g/mol. The number of halogens is 2. The third kappa shape index (κ3) is 2.92. The summed E-state index contributed by atoms with van der Waals surface area (Å²) in [6.07, 6.45) is 4.69. The highest BCUT2D eigenvalue weighted by Crippen LogP contribution is 2.33. The van der Waals surface area contributed by atoms with Gasteiger partial charge in [-0.1, -0.05) is 36.2 Å². The first-order valence-electron chi connectivity index (χ1n) is 6.10. The maximum atomic E-state index is 6.23. The maximum absolute atomic E-state index is 6.23. The molecule has 1 unspecified atom stereocenters. The largest absolute Gasteiger partial charge is 0.333 e.